The molecule has 0 aliphatic carbocycles. The summed E-state index contributed by atoms with van der Waals surface area (Å²) in [5.41, 5.74) is 0. The Labute approximate surface area is 77.5 Å². The van der Waals surface area contributed by atoms with Crippen molar-refractivity contribution in [3.63, 3.8) is 0 Å². The Morgan fingerprint density at radius 1 is 1.69 bits per heavy atom. The summed E-state index contributed by atoms with van der Waals surface area (Å²) in [6.45, 7) is 3.28. The lowest BCUT2D eigenvalue weighted by Gasteiger charge is -1.96. The number of ether oxygens (including phenoxy) is 1. The molecule has 0 aromatic carbocycles. The summed E-state index contributed by atoms with van der Waals surface area (Å²) >= 11 is 0. The van der Waals surface area contributed by atoms with Crippen LogP contribution in [0.3, 0.4) is 0 Å². The number of carbonyl (C=O) groups is 1. The summed E-state index contributed by atoms with van der Waals surface area (Å²) in [5.74, 6) is -1.94. The fraction of sp³-hybridized carbons (Fsp3) is 0.714. The molecule has 0 radical (unpaired) electrons. The maximum atomic E-state index is 11.1. The van der Waals surface area contributed by atoms with Gasteiger partial charge in [0.2, 0.25) is 0 Å². The van der Waals surface area contributed by atoms with Gasteiger partial charge in [-0.05, 0) is 11.0 Å². The standard InChI is InChI=1S/C7H11NO4P/c1-3-4-11-13(10)7(5-8)12-6(2)9/h7H,3-4H2,1-2H3/q+1. The lowest BCUT2D eigenvalue weighted by atomic mass is 10.5. The summed E-state index contributed by atoms with van der Waals surface area (Å²) in [6.07, 6.45) is 0.694. The number of hydrogen-bond donors (Lipinski definition) is 0. The van der Waals surface area contributed by atoms with Gasteiger partial charge < -0.3 is 4.74 Å². The third kappa shape index (κ3) is 5.29. The zero-order valence-electron chi connectivity index (χ0n) is 7.52. The van der Waals surface area contributed by atoms with Crippen molar-refractivity contribution in [1.82, 2.24) is 0 Å². The molecule has 0 rings (SSSR count). The van der Waals surface area contributed by atoms with Gasteiger partial charge in [-0.25, -0.2) is 0 Å². The van der Waals surface area contributed by atoms with Crippen LogP contribution in [-0.2, 0) is 18.6 Å². The second-order valence-corrected chi connectivity index (χ2v) is 3.51. The van der Waals surface area contributed by atoms with E-state index in [9.17, 15) is 9.36 Å². The molecule has 0 fully saturated rings. The summed E-state index contributed by atoms with van der Waals surface area (Å²) in [4.78, 5) is 10.4. The first kappa shape index (κ1) is 12.0. The van der Waals surface area contributed by atoms with E-state index in [1.54, 1.807) is 6.07 Å². The van der Waals surface area contributed by atoms with Crippen LogP contribution in [0.1, 0.15) is 20.3 Å². The minimum Gasteiger partial charge on any atom is -0.402 e. The first-order chi connectivity index (χ1) is 6.11. The molecule has 0 bridgehead atoms. The summed E-state index contributed by atoms with van der Waals surface area (Å²) in [6, 6.07) is 1.59. The third-order valence-corrected chi connectivity index (χ3v) is 2.04. The SMILES string of the molecule is CCCO[P+](=O)C(C#N)OC(C)=O. The molecule has 0 aromatic rings. The molecule has 0 saturated heterocycles. The molecule has 0 N–H and O–H groups in total. The van der Waals surface area contributed by atoms with Crippen LogP contribution in [0, 0.1) is 11.3 Å². The first-order valence-corrected chi connectivity index (χ1v) is 5.02. The molecule has 13 heavy (non-hydrogen) atoms. The molecule has 2 atom stereocenters. The predicted molar refractivity (Wildman–Crippen MR) is 45.0 cm³/mol. The summed E-state index contributed by atoms with van der Waals surface area (Å²) in [7, 11) is -2.24. The number of nitriles is 1. The molecule has 0 amide bonds. The Balaban J connectivity index is 4.02. The van der Waals surface area contributed by atoms with Crippen molar-refractivity contribution in [2.45, 2.75) is 26.1 Å². The average Bonchev–Trinajstić information content (AvgIpc) is 2.09. The quantitative estimate of drug-likeness (QED) is 0.501. The highest BCUT2D eigenvalue weighted by Crippen LogP contribution is 2.29. The Bertz CT molecular complexity index is 235. The molecule has 0 aliphatic rings. The average molecular weight is 204 g/mol. The van der Waals surface area contributed by atoms with Crippen LogP contribution >= 0.6 is 8.03 Å². The number of esters is 1. The topological polar surface area (TPSA) is 76.4 Å². The predicted octanol–water partition coefficient (Wildman–Crippen LogP) is 1.57. The first-order valence-electron chi connectivity index (χ1n) is 3.78. The Morgan fingerprint density at radius 3 is 2.69 bits per heavy atom. The Hall–Kier alpha value is -0.980. The van der Waals surface area contributed by atoms with Gasteiger partial charge >= 0.3 is 19.8 Å². The van der Waals surface area contributed by atoms with Crippen molar-refractivity contribution in [3.05, 3.63) is 0 Å². The van der Waals surface area contributed by atoms with E-state index in [0.29, 0.717) is 6.42 Å². The molecule has 0 spiro atoms. The van der Waals surface area contributed by atoms with Crippen LogP contribution in [0.5, 0.6) is 0 Å². The van der Waals surface area contributed by atoms with E-state index in [-0.39, 0.29) is 6.61 Å². The number of nitrogens with zero attached hydrogens (tertiary/aromatic N) is 1. The minimum absolute atomic E-state index is 0.286. The zero-order valence-corrected chi connectivity index (χ0v) is 8.41. The van der Waals surface area contributed by atoms with Crippen LogP contribution < -0.4 is 0 Å². The molecular weight excluding hydrogens is 193 g/mol. The second-order valence-electron chi connectivity index (χ2n) is 2.21. The number of rotatable bonds is 5. The third-order valence-electron chi connectivity index (χ3n) is 1.00. The molecule has 5 nitrogen and oxygen atoms in total. The fourth-order valence-corrected chi connectivity index (χ4v) is 1.35. The van der Waals surface area contributed by atoms with Crippen molar-refractivity contribution in [2.75, 3.05) is 6.61 Å². The molecule has 0 heterocycles. The highest BCUT2D eigenvalue weighted by atomic mass is 31.1. The molecule has 0 saturated carbocycles. The zero-order chi connectivity index (χ0) is 10.3. The number of hydrogen-bond acceptors (Lipinski definition) is 5. The van der Waals surface area contributed by atoms with Gasteiger partial charge in [0.05, 0.1) is 0 Å². The maximum Gasteiger partial charge on any atom is 0.570 e. The normalized spacial score (nSPS) is 12.8. The second kappa shape index (κ2) is 6.53. The molecule has 2 unspecified atom stereocenters. The van der Waals surface area contributed by atoms with Crippen LogP contribution in [0.25, 0.3) is 0 Å². The van der Waals surface area contributed by atoms with Gasteiger partial charge in [-0.15, -0.1) is 4.52 Å². The van der Waals surface area contributed by atoms with E-state index in [1.165, 1.54) is 0 Å². The lowest BCUT2D eigenvalue weighted by molar-refractivity contribution is -0.141. The van der Waals surface area contributed by atoms with Gasteiger partial charge in [0.1, 0.15) is 6.61 Å². The van der Waals surface area contributed by atoms with E-state index in [0.717, 1.165) is 6.92 Å². The van der Waals surface area contributed by atoms with Gasteiger partial charge in [-0.1, -0.05) is 6.92 Å². The van der Waals surface area contributed by atoms with Crippen LogP contribution in [0.15, 0.2) is 0 Å². The van der Waals surface area contributed by atoms with Crippen molar-refractivity contribution in [1.29, 1.82) is 5.26 Å². The van der Waals surface area contributed by atoms with Crippen LogP contribution in [0.4, 0.5) is 0 Å². The molecule has 0 aromatic heterocycles. The number of carbonyl (C=O) groups excluding carboxylic acids is 1. The van der Waals surface area contributed by atoms with Crippen LogP contribution in [-0.4, -0.2) is 18.4 Å². The molecular formula is C7H11NO4P+. The van der Waals surface area contributed by atoms with E-state index in [1.807, 2.05) is 6.92 Å². The monoisotopic (exact) mass is 204 g/mol. The van der Waals surface area contributed by atoms with E-state index < -0.39 is 19.8 Å². The maximum absolute atomic E-state index is 11.1. The van der Waals surface area contributed by atoms with Gasteiger partial charge in [0.15, 0.2) is 6.07 Å². The van der Waals surface area contributed by atoms with Crippen molar-refractivity contribution in [3.8, 4) is 6.07 Å². The van der Waals surface area contributed by atoms with Crippen molar-refractivity contribution >= 4 is 14.0 Å². The Morgan fingerprint density at radius 2 is 2.31 bits per heavy atom. The van der Waals surface area contributed by atoms with Crippen molar-refractivity contribution in [2.24, 2.45) is 0 Å². The summed E-state index contributed by atoms with van der Waals surface area (Å²) in [5, 5.41) is 8.45. The minimum atomic E-state index is -2.24. The molecule has 72 valence electrons. The lowest BCUT2D eigenvalue weighted by Crippen LogP contribution is -2.10. The van der Waals surface area contributed by atoms with Crippen LogP contribution in [0.2, 0.25) is 0 Å². The Kier molecular flexibility index (Phi) is 6.03. The highest BCUT2D eigenvalue weighted by molar-refractivity contribution is 7.40. The largest absolute Gasteiger partial charge is 0.570 e. The van der Waals surface area contributed by atoms with E-state index in [4.69, 9.17) is 9.79 Å². The van der Waals surface area contributed by atoms with Gasteiger partial charge in [0.25, 0.3) is 0 Å². The van der Waals surface area contributed by atoms with Gasteiger partial charge in [-0.2, -0.15) is 5.26 Å². The highest BCUT2D eigenvalue weighted by Gasteiger charge is 2.35. The van der Waals surface area contributed by atoms with E-state index >= 15 is 0 Å². The molecule has 0 aliphatic heterocycles. The van der Waals surface area contributed by atoms with Gasteiger partial charge in [0, 0.05) is 6.92 Å². The fourth-order valence-electron chi connectivity index (χ4n) is 0.523. The van der Waals surface area contributed by atoms with Crippen molar-refractivity contribution < 1.29 is 18.6 Å². The van der Waals surface area contributed by atoms with E-state index in [2.05, 4.69) is 4.74 Å². The molecule has 6 heteroatoms. The van der Waals surface area contributed by atoms with Gasteiger partial charge in [-0.3, -0.25) is 4.79 Å². The summed E-state index contributed by atoms with van der Waals surface area (Å²) < 4.78 is 20.3. The smallest absolute Gasteiger partial charge is 0.402 e.